The van der Waals surface area contributed by atoms with Crippen molar-refractivity contribution in [2.24, 2.45) is 0 Å². The van der Waals surface area contributed by atoms with Gasteiger partial charge < -0.3 is 19.1 Å². The van der Waals surface area contributed by atoms with Crippen LogP contribution in [-0.2, 0) is 19.1 Å². The van der Waals surface area contributed by atoms with Crippen LogP contribution in [0.1, 0.15) is 18.1 Å². The lowest BCUT2D eigenvalue weighted by Gasteiger charge is -2.21. The van der Waals surface area contributed by atoms with Gasteiger partial charge in [0, 0.05) is 13.1 Å². The SMILES string of the molecule is COC(=O)CN1C=CSC(=Cc2cc(C)c(OC(C)=O)c(OC)c2)C1=O. The van der Waals surface area contributed by atoms with Crippen LogP contribution < -0.4 is 9.47 Å². The minimum Gasteiger partial charge on any atom is -0.493 e. The maximum Gasteiger partial charge on any atom is 0.325 e. The molecule has 1 amide bonds. The average Bonchev–Trinajstić information content (AvgIpc) is 2.60. The topological polar surface area (TPSA) is 82.1 Å². The van der Waals surface area contributed by atoms with E-state index in [9.17, 15) is 14.4 Å². The minimum absolute atomic E-state index is 0.155. The second kappa shape index (κ2) is 8.57. The number of hydrogen-bond acceptors (Lipinski definition) is 7. The number of aryl methyl sites for hydroxylation is 1. The molecule has 0 radical (unpaired) electrons. The van der Waals surface area contributed by atoms with Crippen molar-refractivity contribution in [3.8, 4) is 11.5 Å². The first-order valence-corrected chi connectivity index (χ1v) is 8.53. The number of benzene rings is 1. The van der Waals surface area contributed by atoms with E-state index in [0.717, 1.165) is 0 Å². The van der Waals surface area contributed by atoms with Crippen molar-refractivity contribution in [1.29, 1.82) is 0 Å². The Hall–Kier alpha value is -2.74. The number of ether oxygens (including phenoxy) is 3. The van der Waals surface area contributed by atoms with Crippen LogP contribution in [0.25, 0.3) is 6.08 Å². The van der Waals surface area contributed by atoms with Gasteiger partial charge in [-0.05, 0) is 41.7 Å². The molecule has 1 aromatic carbocycles. The molecule has 0 saturated carbocycles. The van der Waals surface area contributed by atoms with Gasteiger partial charge in [0.2, 0.25) is 0 Å². The van der Waals surface area contributed by atoms with E-state index in [-0.39, 0.29) is 12.5 Å². The summed E-state index contributed by atoms with van der Waals surface area (Å²) >= 11 is 1.25. The third kappa shape index (κ3) is 4.66. The molecule has 0 bridgehead atoms. The van der Waals surface area contributed by atoms with Crippen molar-refractivity contribution in [2.75, 3.05) is 20.8 Å². The predicted octanol–water partition coefficient (Wildman–Crippen LogP) is 2.49. The van der Waals surface area contributed by atoms with Crippen molar-refractivity contribution < 1.29 is 28.6 Å². The number of thioether (sulfide) groups is 1. The summed E-state index contributed by atoms with van der Waals surface area (Å²) in [4.78, 5) is 36.9. The number of esters is 2. The Labute approximate surface area is 155 Å². The summed E-state index contributed by atoms with van der Waals surface area (Å²) in [5, 5.41) is 1.72. The molecule has 1 aliphatic heterocycles. The van der Waals surface area contributed by atoms with Crippen LogP contribution in [0.4, 0.5) is 0 Å². The van der Waals surface area contributed by atoms with E-state index < -0.39 is 11.9 Å². The van der Waals surface area contributed by atoms with E-state index in [0.29, 0.717) is 27.5 Å². The molecule has 1 heterocycles. The quantitative estimate of drug-likeness (QED) is 0.443. The molecule has 8 heteroatoms. The van der Waals surface area contributed by atoms with Crippen molar-refractivity contribution in [1.82, 2.24) is 4.90 Å². The molecule has 0 aromatic heterocycles. The molecular weight excluding hydrogens is 358 g/mol. The minimum atomic E-state index is -0.502. The van der Waals surface area contributed by atoms with Crippen molar-refractivity contribution in [3.63, 3.8) is 0 Å². The Balaban J connectivity index is 2.32. The third-order valence-electron chi connectivity index (χ3n) is 3.46. The van der Waals surface area contributed by atoms with E-state index >= 15 is 0 Å². The van der Waals surface area contributed by atoms with Gasteiger partial charge in [-0.25, -0.2) is 0 Å². The van der Waals surface area contributed by atoms with Crippen LogP contribution >= 0.6 is 11.8 Å². The predicted molar refractivity (Wildman–Crippen MR) is 97.5 cm³/mol. The van der Waals surface area contributed by atoms with E-state index in [1.807, 2.05) is 0 Å². The second-order valence-electron chi connectivity index (χ2n) is 5.38. The van der Waals surface area contributed by atoms with Crippen molar-refractivity contribution in [2.45, 2.75) is 13.8 Å². The normalized spacial score (nSPS) is 15.2. The molecule has 0 aliphatic carbocycles. The smallest absolute Gasteiger partial charge is 0.325 e. The van der Waals surface area contributed by atoms with Crippen LogP contribution in [-0.4, -0.2) is 43.5 Å². The zero-order chi connectivity index (χ0) is 19.3. The van der Waals surface area contributed by atoms with Gasteiger partial charge >= 0.3 is 11.9 Å². The van der Waals surface area contributed by atoms with Gasteiger partial charge in [-0.1, -0.05) is 11.8 Å². The number of methoxy groups -OCH3 is 2. The Morgan fingerprint density at radius 1 is 1.27 bits per heavy atom. The Morgan fingerprint density at radius 3 is 2.62 bits per heavy atom. The van der Waals surface area contributed by atoms with Gasteiger partial charge in [0.25, 0.3) is 5.91 Å². The van der Waals surface area contributed by atoms with Gasteiger partial charge in [0.15, 0.2) is 11.5 Å². The first-order chi connectivity index (χ1) is 12.3. The van der Waals surface area contributed by atoms with Crippen molar-refractivity contribution >= 4 is 35.7 Å². The number of amides is 1. The van der Waals surface area contributed by atoms with Crippen LogP contribution in [0.2, 0.25) is 0 Å². The summed E-state index contributed by atoms with van der Waals surface area (Å²) in [6, 6.07) is 3.46. The molecule has 0 saturated heterocycles. The summed E-state index contributed by atoms with van der Waals surface area (Å²) in [6.07, 6.45) is 3.23. The number of carbonyl (C=O) groups is 3. The largest absolute Gasteiger partial charge is 0.493 e. The van der Waals surface area contributed by atoms with E-state index in [1.165, 1.54) is 44.0 Å². The highest BCUT2D eigenvalue weighted by molar-refractivity contribution is 8.06. The fourth-order valence-corrected chi connectivity index (χ4v) is 3.07. The van der Waals surface area contributed by atoms with Crippen molar-refractivity contribution in [3.05, 3.63) is 39.8 Å². The van der Waals surface area contributed by atoms with Crippen LogP contribution in [0.3, 0.4) is 0 Å². The Kier molecular flexibility index (Phi) is 6.46. The van der Waals surface area contributed by atoms with Crippen LogP contribution in [0.15, 0.2) is 28.6 Å². The van der Waals surface area contributed by atoms with E-state index in [1.54, 1.807) is 30.5 Å². The van der Waals surface area contributed by atoms with Crippen LogP contribution in [0, 0.1) is 6.92 Å². The number of carbonyl (C=O) groups excluding carboxylic acids is 3. The van der Waals surface area contributed by atoms with E-state index in [4.69, 9.17) is 9.47 Å². The highest BCUT2D eigenvalue weighted by Crippen LogP contribution is 2.35. The van der Waals surface area contributed by atoms with Gasteiger partial charge in [-0.15, -0.1) is 0 Å². The molecule has 0 unspecified atom stereocenters. The average molecular weight is 377 g/mol. The number of rotatable bonds is 5. The summed E-state index contributed by atoms with van der Waals surface area (Å²) in [6.45, 7) is 2.94. The van der Waals surface area contributed by atoms with E-state index in [2.05, 4.69) is 4.74 Å². The van der Waals surface area contributed by atoms with Gasteiger partial charge in [0.05, 0.1) is 19.1 Å². The summed E-state index contributed by atoms with van der Waals surface area (Å²) in [7, 11) is 2.74. The Morgan fingerprint density at radius 2 is 2.00 bits per heavy atom. The molecule has 0 atom stereocenters. The molecule has 1 aromatic rings. The molecule has 2 rings (SSSR count). The van der Waals surface area contributed by atoms with Gasteiger partial charge in [-0.2, -0.15) is 0 Å². The van der Waals surface area contributed by atoms with Gasteiger partial charge in [-0.3, -0.25) is 14.4 Å². The lowest BCUT2D eigenvalue weighted by atomic mass is 10.1. The molecular formula is C18H19NO6S. The molecule has 0 N–H and O–H groups in total. The molecule has 0 fully saturated rings. The highest BCUT2D eigenvalue weighted by Gasteiger charge is 2.23. The fraction of sp³-hybridized carbons (Fsp3) is 0.278. The zero-order valence-corrected chi connectivity index (χ0v) is 15.7. The Bertz CT molecular complexity index is 799. The van der Waals surface area contributed by atoms with Gasteiger partial charge in [0.1, 0.15) is 6.54 Å². The monoisotopic (exact) mass is 377 g/mol. The molecule has 26 heavy (non-hydrogen) atoms. The first kappa shape index (κ1) is 19.6. The molecule has 1 aliphatic rings. The number of hydrogen-bond donors (Lipinski definition) is 0. The first-order valence-electron chi connectivity index (χ1n) is 7.65. The zero-order valence-electron chi connectivity index (χ0n) is 14.9. The lowest BCUT2D eigenvalue weighted by molar-refractivity contribution is -0.144. The summed E-state index contributed by atoms with van der Waals surface area (Å²) in [5.74, 6) is -0.514. The highest BCUT2D eigenvalue weighted by atomic mass is 32.2. The molecule has 7 nitrogen and oxygen atoms in total. The fourth-order valence-electron chi connectivity index (χ4n) is 2.29. The maximum atomic E-state index is 12.5. The number of nitrogens with zero attached hydrogens (tertiary/aromatic N) is 1. The lowest BCUT2D eigenvalue weighted by Crippen LogP contribution is -2.33. The molecule has 138 valence electrons. The maximum absolute atomic E-state index is 12.5. The second-order valence-corrected chi connectivity index (χ2v) is 6.33. The molecule has 0 spiro atoms. The standard InChI is InChI=1S/C18H19NO6S/c1-11-7-13(8-14(23-3)17(11)25-12(2)20)9-15-18(22)19(5-6-26-15)10-16(21)24-4/h5-9H,10H2,1-4H3. The van der Waals surface area contributed by atoms with Crippen LogP contribution in [0.5, 0.6) is 11.5 Å². The summed E-state index contributed by atoms with van der Waals surface area (Å²) < 4.78 is 15.1. The third-order valence-corrected chi connectivity index (χ3v) is 4.27. The summed E-state index contributed by atoms with van der Waals surface area (Å²) in [5.41, 5.74) is 1.40.